The first-order valence-corrected chi connectivity index (χ1v) is 5.64. The Hall–Kier alpha value is -0.610. The van der Waals surface area contributed by atoms with Crippen LogP contribution in [0.4, 0.5) is 5.82 Å². The van der Waals surface area contributed by atoms with E-state index < -0.39 is 0 Å². The van der Waals surface area contributed by atoms with Crippen molar-refractivity contribution < 1.29 is 0 Å². The van der Waals surface area contributed by atoms with Crippen LogP contribution in [0.15, 0.2) is 22.8 Å². The second-order valence-corrected chi connectivity index (χ2v) is 3.89. The molecule has 0 bridgehead atoms. The molecule has 0 spiro atoms. The van der Waals surface area contributed by atoms with Crippen molar-refractivity contribution in [2.75, 3.05) is 24.5 Å². The maximum Gasteiger partial charge on any atom is 0.142 e. The second-order valence-electron chi connectivity index (χ2n) is 3.03. The molecule has 0 atom stereocenters. The van der Waals surface area contributed by atoms with E-state index in [4.69, 9.17) is 5.73 Å². The molecule has 1 rings (SSSR count). The number of hydrogen-bond donors (Lipinski definition) is 1. The molecule has 0 saturated heterocycles. The lowest BCUT2D eigenvalue weighted by atomic mass is 10.3. The van der Waals surface area contributed by atoms with Crippen LogP contribution in [0, 0.1) is 0 Å². The highest BCUT2D eigenvalue weighted by atomic mass is 79.9. The summed E-state index contributed by atoms with van der Waals surface area (Å²) < 4.78 is 1.04. The van der Waals surface area contributed by atoms with E-state index in [1.807, 2.05) is 18.3 Å². The molecule has 0 amide bonds. The summed E-state index contributed by atoms with van der Waals surface area (Å²) in [5.74, 6) is 1.00. The maximum atomic E-state index is 5.49. The first kappa shape index (κ1) is 11.5. The van der Waals surface area contributed by atoms with Gasteiger partial charge in [0.05, 0.1) is 4.47 Å². The number of rotatable bonds is 5. The Morgan fingerprint density at radius 3 is 2.93 bits per heavy atom. The predicted molar refractivity (Wildman–Crippen MR) is 63.5 cm³/mol. The van der Waals surface area contributed by atoms with Crippen molar-refractivity contribution in [3.8, 4) is 0 Å². The van der Waals surface area contributed by atoms with Crippen LogP contribution in [0.2, 0.25) is 0 Å². The summed E-state index contributed by atoms with van der Waals surface area (Å²) in [6, 6.07) is 3.93. The summed E-state index contributed by atoms with van der Waals surface area (Å²) in [6.07, 6.45) is 2.81. The molecule has 78 valence electrons. The number of halogens is 1. The van der Waals surface area contributed by atoms with E-state index in [1.54, 1.807) is 0 Å². The van der Waals surface area contributed by atoms with Gasteiger partial charge in [-0.15, -0.1) is 0 Å². The van der Waals surface area contributed by atoms with Crippen LogP contribution in [0.3, 0.4) is 0 Å². The van der Waals surface area contributed by atoms with Crippen LogP contribution in [-0.2, 0) is 0 Å². The van der Waals surface area contributed by atoms with E-state index in [-0.39, 0.29) is 0 Å². The minimum Gasteiger partial charge on any atom is -0.356 e. The molecule has 1 aromatic heterocycles. The lowest BCUT2D eigenvalue weighted by Gasteiger charge is -2.22. The van der Waals surface area contributed by atoms with Crippen molar-refractivity contribution in [1.82, 2.24) is 4.98 Å². The topological polar surface area (TPSA) is 42.1 Å². The smallest absolute Gasteiger partial charge is 0.142 e. The van der Waals surface area contributed by atoms with Crippen molar-refractivity contribution in [3.63, 3.8) is 0 Å². The zero-order valence-electron chi connectivity index (χ0n) is 8.41. The van der Waals surface area contributed by atoms with E-state index in [2.05, 4.69) is 32.7 Å². The highest BCUT2D eigenvalue weighted by Gasteiger charge is 2.07. The van der Waals surface area contributed by atoms with Gasteiger partial charge in [-0.3, -0.25) is 0 Å². The monoisotopic (exact) mass is 257 g/mol. The van der Waals surface area contributed by atoms with E-state index in [1.165, 1.54) is 0 Å². The van der Waals surface area contributed by atoms with Crippen LogP contribution >= 0.6 is 15.9 Å². The van der Waals surface area contributed by atoms with Gasteiger partial charge in [-0.05, 0) is 48.0 Å². The summed E-state index contributed by atoms with van der Waals surface area (Å²) in [5, 5.41) is 0. The first-order valence-electron chi connectivity index (χ1n) is 4.85. The minimum atomic E-state index is 0.723. The molecule has 4 heteroatoms. The zero-order valence-corrected chi connectivity index (χ0v) is 10.00. The van der Waals surface area contributed by atoms with Gasteiger partial charge in [-0.25, -0.2) is 4.98 Å². The number of anilines is 1. The molecule has 1 aromatic rings. The van der Waals surface area contributed by atoms with Gasteiger partial charge in [0.25, 0.3) is 0 Å². The van der Waals surface area contributed by atoms with Gasteiger partial charge in [-0.1, -0.05) is 0 Å². The second kappa shape index (κ2) is 5.98. The average molecular weight is 258 g/mol. The molecular weight excluding hydrogens is 242 g/mol. The SMILES string of the molecule is CCN(CCCN)c1ncccc1Br. The number of nitrogens with zero attached hydrogens (tertiary/aromatic N) is 2. The first-order chi connectivity index (χ1) is 6.79. The Balaban J connectivity index is 2.73. The molecule has 0 aliphatic rings. The maximum absolute atomic E-state index is 5.49. The Kier molecular flexibility index (Phi) is 4.90. The molecule has 14 heavy (non-hydrogen) atoms. The molecule has 1 heterocycles. The zero-order chi connectivity index (χ0) is 10.4. The van der Waals surface area contributed by atoms with E-state index in [0.29, 0.717) is 0 Å². The molecular formula is C10H16BrN3. The number of pyridine rings is 1. The molecule has 0 unspecified atom stereocenters. The van der Waals surface area contributed by atoms with Gasteiger partial charge in [0.15, 0.2) is 0 Å². The number of hydrogen-bond acceptors (Lipinski definition) is 3. The lowest BCUT2D eigenvalue weighted by Crippen LogP contribution is -2.26. The van der Waals surface area contributed by atoms with Crippen molar-refractivity contribution in [1.29, 1.82) is 0 Å². The third-order valence-corrected chi connectivity index (χ3v) is 2.67. The largest absolute Gasteiger partial charge is 0.356 e. The number of aromatic nitrogens is 1. The molecule has 3 nitrogen and oxygen atoms in total. The number of nitrogens with two attached hydrogens (primary N) is 1. The Morgan fingerprint density at radius 2 is 2.36 bits per heavy atom. The van der Waals surface area contributed by atoms with Crippen molar-refractivity contribution >= 4 is 21.7 Å². The van der Waals surface area contributed by atoms with Crippen molar-refractivity contribution in [3.05, 3.63) is 22.8 Å². The summed E-state index contributed by atoms with van der Waals surface area (Å²) >= 11 is 3.49. The molecule has 2 N–H and O–H groups in total. The van der Waals surface area contributed by atoms with Gasteiger partial charge in [0.1, 0.15) is 5.82 Å². The average Bonchev–Trinajstić information content (AvgIpc) is 2.21. The molecule has 0 saturated carbocycles. The van der Waals surface area contributed by atoms with Crippen LogP contribution in [0.1, 0.15) is 13.3 Å². The van der Waals surface area contributed by atoms with Gasteiger partial charge in [0, 0.05) is 19.3 Å². The predicted octanol–water partition coefficient (Wildman–Crippen LogP) is 2.02. The lowest BCUT2D eigenvalue weighted by molar-refractivity contribution is 0.743. The Morgan fingerprint density at radius 1 is 1.57 bits per heavy atom. The van der Waals surface area contributed by atoms with Gasteiger partial charge >= 0.3 is 0 Å². The minimum absolute atomic E-state index is 0.723. The third-order valence-electron chi connectivity index (χ3n) is 2.05. The van der Waals surface area contributed by atoms with E-state index >= 15 is 0 Å². The third kappa shape index (κ3) is 2.96. The normalized spacial score (nSPS) is 10.2. The van der Waals surface area contributed by atoms with E-state index in [0.717, 1.165) is 36.3 Å². The van der Waals surface area contributed by atoms with E-state index in [9.17, 15) is 0 Å². The van der Waals surface area contributed by atoms with Crippen LogP contribution in [-0.4, -0.2) is 24.6 Å². The Bertz CT molecular complexity index is 278. The van der Waals surface area contributed by atoms with Crippen molar-refractivity contribution in [2.45, 2.75) is 13.3 Å². The Labute approximate surface area is 93.4 Å². The van der Waals surface area contributed by atoms with Gasteiger partial charge in [0.2, 0.25) is 0 Å². The summed E-state index contributed by atoms with van der Waals surface area (Å²) in [7, 11) is 0. The van der Waals surface area contributed by atoms with Crippen LogP contribution < -0.4 is 10.6 Å². The quantitative estimate of drug-likeness (QED) is 0.878. The molecule has 0 fully saturated rings. The summed E-state index contributed by atoms with van der Waals surface area (Å²) in [4.78, 5) is 6.56. The fraction of sp³-hybridized carbons (Fsp3) is 0.500. The summed E-state index contributed by atoms with van der Waals surface area (Å²) in [6.45, 7) is 4.76. The van der Waals surface area contributed by atoms with Crippen LogP contribution in [0.5, 0.6) is 0 Å². The molecule has 0 aromatic carbocycles. The highest BCUT2D eigenvalue weighted by Crippen LogP contribution is 2.22. The summed E-state index contributed by atoms with van der Waals surface area (Å²) in [5.41, 5.74) is 5.49. The van der Waals surface area contributed by atoms with Gasteiger partial charge < -0.3 is 10.6 Å². The highest BCUT2D eigenvalue weighted by molar-refractivity contribution is 9.10. The fourth-order valence-corrected chi connectivity index (χ4v) is 1.81. The van der Waals surface area contributed by atoms with Gasteiger partial charge in [-0.2, -0.15) is 0 Å². The standard InChI is InChI=1S/C10H16BrN3/c1-2-14(8-4-6-12)10-9(11)5-3-7-13-10/h3,5,7H,2,4,6,8,12H2,1H3. The molecule has 0 aliphatic carbocycles. The van der Waals surface area contributed by atoms with Crippen LogP contribution in [0.25, 0.3) is 0 Å². The molecule has 0 radical (unpaired) electrons. The fourth-order valence-electron chi connectivity index (χ4n) is 1.31. The van der Waals surface area contributed by atoms with Crippen molar-refractivity contribution in [2.24, 2.45) is 5.73 Å². The molecule has 0 aliphatic heterocycles.